The topological polar surface area (TPSA) is 55.2 Å². The van der Waals surface area contributed by atoms with Gasteiger partial charge >= 0.3 is 0 Å². The van der Waals surface area contributed by atoms with Crippen LogP contribution in [0.5, 0.6) is 0 Å². The van der Waals surface area contributed by atoms with Crippen molar-refractivity contribution in [2.45, 2.75) is 12.5 Å². The lowest BCUT2D eigenvalue weighted by Gasteiger charge is -2.18. The molecule has 0 amide bonds. The summed E-state index contributed by atoms with van der Waals surface area (Å²) in [4.78, 5) is 10.7. The van der Waals surface area contributed by atoms with Crippen molar-refractivity contribution in [2.75, 3.05) is 7.05 Å². The number of benzene rings is 2. The first-order valence-electron chi connectivity index (χ1n) is 6.37. The Hall–Kier alpha value is -1.62. The Morgan fingerprint density at radius 1 is 1.24 bits per heavy atom. The van der Waals surface area contributed by atoms with Crippen molar-refractivity contribution in [1.82, 2.24) is 5.32 Å². The molecule has 1 atom stereocenters. The molecule has 6 heteroatoms. The molecule has 2 rings (SSSR count). The van der Waals surface area contributed by atoms with Crippen molar-refractivity contribution in [1.29, 1.82) is 0 Å². The predicted molar refractivity (Wildman–Crippen MR) is 85.1 cm³/mol. The lowest BCUT2D eigenvalue weighted by atomic mass is 9.98. The summed E-state index contributed by atoms with van der Waals surface area (Å²) in [6.45, 7) is 0. The second kappa shape index (κ2) is 6.89. The minimum absolute atomic E-state index is 0.107. The SMILES string of the molecule is CNC(Cc1ccccc1[N+](=O)[O-])c1cc(Cl)ccc1Cl. The molecule has 0 spiro atoms. The van der Waals surface area contributed by atoms with Gasteiger partial charge in [0.1, 0.15) is 0 Å². The van der Waals surface area contributed by atoms with Crippen molar-refractivity contribution in [3.63, 3.8) is 0 Å². The highest BCUT2D eigenvalue weighted by atomic mass is 35.5. The van der Waals surface area contributed by atoms with Crippen molar-refractivity contribution >= 4 is 28.9 Å². The van der Waals surface area contributed by atoms with Gasteiger partial charge in [-0.3, -0.25) is 10.1 Å². The maximum atomic E-state index is 11.1. The Morgan fingerprint density at radius 3 is 2.62 bits per heavy atom. The largest absolute Gasteiger partial charge is 0.313 e. The van der Waals surface area contributed by atoms with E-state index in [4.69, 9.17) is 23.2 Å². The van der Waals surface area contributed by atoms with E-state index in [1.54, 1.807) is 43.4 Å². The maximum Gasteiger partial charge on any atom is 0.272 e. The normalized spacial score (nSPS) is 12.1. The van der Waals surface area contributed by atoms with Crippen LogP contribution in [0.25, 0.3) is 0 Å². The first-order valence-corrected chi connectivity index (χ1v) is 7.13. The number of hydrogen-bond acceptors (Lipinski definition) is 3. The van der Waals surface area contributed by atoms with Crippen LogP contribution in [0.1, 0.15) is 17.2 Å². The molecule has 4 nitrogen and oxygen atoms in total. The van der Waals surface area contributed by atoms with Gasteiger partial charge in [0.15, 0.2) is 0 Å². The lowest BCUT2D eigenvalue weighted by molar-refractivity contribution is -0.385. The molecule has 1 unspecified atom stereocenters. The number of hydrogen-bond donors (Lipinski definition) is 1. The van der Waals surface area contributed by atoms with Gasteiger partial charge in [0, 0.05) is 27.7 Å². The summed E-state index contributed by atoms with van der Waals surface area (Å²) in [5, 5.41) is 15.4. The first kappa shape index (κ1) is 15.8. The van der Waals surface area contributed by atoms with Gasteiger partial charge in [0.2, 0.25) is 0 Å². The molecule has 110 valence electrons. The predicted octanol–water partition coefficient (Wildman–Crippen LogP) is 4.40. The third kappa shape index (κ3) is 3.73. The highest BCUT2D eigenvalue weighted by molar-refractivity contribution is 6.33. The lowest BCUT2D eigenvalue weighted by Crippen LogP contribution is -2.19. The van der Waals surface area contributed by atoms with Crippen LogP contribution in [0.15, 0.2) is 42.5 Å². The molecule has 0 aliphatic carbocycles. The molecule has 0 aromatic heterocycles. The summed E-state index contributed by atoms with van der Waals surface area (Å²) in [5.74, 6) is 0. The van der Waals surface area contributed by atoms with E-state index in [0.29, 0.717) is 22.0 Å². The molecule has 0 saturated carbocycles. The highest BCUT2D eigenvalue weighted by Gasteiger charge is 2.19. The van der Waals surface area contributed by atoms with E-state index in [9.17, 15) is 10.1 Å². The zero-order chi connectivity index (χ0) is 15.4. The Labute approximate surface area is 132 Å². The van der Waals surface area contributed by atoms with Gasteiger partial charge in [-0.2, -0.15) is 0 Å². The Morgan fingerprint density at radius 2 is 1.95 bits per heavy atom. The minimum Gasteiger partial charge on any atom is -0.313 e. The van der Waals surface area contributed by atoms with Gasteiger partial charge in [-0.25, -0.2) is 0 Å². The standard InChI is InChI=1S/C15H14Cl2N2O2/c1-18-14(12-9-11(16)6-7-13(12)17)8-10-4-2-3-5-15(10)19(20)21/h2-7,9,14,18H,8H2,1H3. The molecule has 0 fully saturated rings. The Bertz CT molecular complexity index is 662. The molecule has 2 aromatic carbocycles. The third-order valence-electron chi connectivity index (χ3n) is 3.29. The van der Waals surface area contributed by atoms with Gasteiger partial charge in [-0.15, -0.1) is 0 Å². The average molecular weight is 325 g/mol. The quantitative estimate of drug-likeness (QED) is 0.654. The minimum atomic E-state index is -0.373. The number of nitro benzene ring substituents is 1. The fourth-order valence-corrected chi connectivity index (χ4v) is 2.66. The van der Waals surface area contributed by atoms with Crippen molar-refractivity contribution in [3.05, 3.63) is 73.8 Å². The second-order valence-electron chi connectivity index (χ2n) is 4.60. The van der Waals surface area contributed by atoms with Crippen LogP contribution < -0.4 is 5.32 Å². The zero-order valence-electron chi connectivity index (χ0n) is 11.3. The van der Waals surface area contributed by atoms with E-state index in [1.807, 2.05) is 0 Å². The van der Waals surface area contributed by atoms with Gasteiger partial charge < -0.3 is 5.32 Å². The third-order valence-corrected chi connectivity index (χ3v) is 3.87. The van der Waals surface area contributed by atoms with Gasteiger partial charge in [0.25, 0.3) is 5.69 Å². The molecule has 0 heterocycles. The fraction of sp³-hybridized carbons (Fsp3) is 0.200. The molecular formula is C15H14Cl2N2O2. The van der Waals surface area contributed by atoms with Crippen molar-refractivity contribution < 1.29 is 4.92 Å². The smallest absolute Gasteiger partial charge is 0.272 e. The van der Waals surface area contributed by atoms with Crippen LogP contribution in [-0.4, -0.2) is 12.0 Å². The van der Waals surface area contributed by atoms with Gasteiger partial charge in [-0.1, -0.05) is 41.4 Å². The number of nitro groups is 1. The average Bonchev–Trinajstić information content (AvgIpc) is 2.47. The van der Waals surface area contributed by atoms with E-state index in [1.165, 1.54) is 6.07 Å². The zero-order valence-corrected chi connectivity index (χ0v) is 12.9. The number of nitrogens with zero attached hydrogens (tertiary/aromatic N) is 1. The van der Waals surface area contributed by atoms with Crippen molar-refractivity contribution in [3.8, 4) is 0 Å². The number of halogens is 2. The number of rotatable bonds is 5. The molecule has 21 heavy (non-hydrogen) atoms. The number of likely N-dealkylation sites (N-methyl/N-ethyl adjacent to an activating group) is 1. The summed E-state index contributed by atoms with van der Waals surface area (Å²) >= 11 is 12.2. The van der Waals surface area contributed by atoms with Crippen LogP contribution in [0, 0.1) is 10.1 Å². The highest BCUT2D eigenvalue weighted by Crippen LogP contribution is 2.30. The molecule has 1 N–H and O–H groups in total. The number of nitrogens with one attached hydrogen (secondary N) is 1. The molecule has 0 bridgehead atoms. The summed E-state index contributed by atoms with van der Waals surface area (Å²) in [5.41, 5.74) is 1.58. The van der Waals surface area contributed by atoms with E-state index < -0.39 is 0 Å². The van der Waals surface area contributed by atoms with Gasteiger partial charge in [0.05, 0.1) is 4.92 Å². The Balaban J connectivity index is 2.36. The summed E-state index contributed by atoms with van der Waals surface area (Å²) in [6.07, 6.45) is 0.452. The molecule has 0 saturated heterocycles. The van der Waals surface area contributed by atoms with E-state index >= 15 is 0 Å². The number of para-hydroxylation sites is 1. The van der Waals surface area contributed by atoms with E-state index in [2.05, 4.69) is 5.32 Å². The van der Waals surface area contributed by atoms with Crippen LogP contribution >= 0.6 is 23.2 Å². The van der Waals surface area contributed by atoms with E-state index in [0.717, 1.165) is 5.56 Å². The maximum absolute atomic E-state index is 11.1. The molecule has 0 aliphatic rings. The summed E-state index contributed by atoms with van der Waals surface area (Å²) in [6, 6.07) is 11.8. The van der Waals surface area contributed by atoms with Crippen LogP contribution in [0.3, 0.4) is 0 Å². The summed E-state index contributed by atoms with van der Waals surface area (Å²) < 4.78 is 0. The molecule has 0 aliphatic heterocycles. The molecular weight excluding hydrogens is 311 g/mol. The molecule has 0 radical (unpaired) electrons. The first-order chi connectivity index (χ1) is 10.0. The summed E-state index contributed by atoms with van der Waals surface area (Å²) in [7, 11) is 1.79. The van der Waals surface area contributed by atoms with Crippen molar-refractivity contribution in [2.24, 2.45) is 0 Å². The van der Waals surface area contributed by atoms with Gasteiger partial charge in [-0.05, 0) is 37.2 Å². The molecule has 2 aromatic rings. The second-order valence-corrected chi connectivity index (χ2v) is 5.44. The van der Waals surface area contributed by atoms with Crippen LogP contribution in [0.2, 0.25) is 10.0 Å². The fourth-order valence-electron chi connectivity index (χ4n) is 2.23. The van der Waals surface area contributed by atoms with Crippen LogP contribution in [-0.2, 0) is 6.42 Å². The Kier molecular flexibility index (Phi) is 5.17. The monoisotopic (exact) mass is 324 g/mol. The van der Waals surface area contributed by atoms with Crippen LogP contribution in [0.4, 0.5) is 5.69 Å². The van der Waals surface area contributed by atoms with E-state index in [-0.39, 0.29) is 16.7 Å².